The van der Waals surface area contributed by atoms with Crippen LogP contribution in [0.15, 0.2) is 140 Å². The summed E-state index contributed by atoms with van der Waals surface area (Å²) < 4.78 is 0. The number of benzene rings is 4. The maximum Gasteiger partial charge on any atom is 0.252 e. The second kappa shape index (κ2) is 23.9. The molecule has 2 aliphatic heterocycles. The van der Waals surface area contributed by atoms with Crippen LogP contribution in [0.25, 0.3) is 0 Å². The van der Waals surface area contributed by atoms with Gasteiger partial charge in [0.2, 0.25) is 11.8 Å². The molecule has 0 spiro atoms. The first-order valence-electron chi connectivity index (χ1n) is 23.0. The standard InChI is InChI=1S/C27H29ClN4O2.C27H30N4O2/c1-20-5-7-22(8-6-20)18-26(33)32-15-13-31(14-16-32)25-10-9-23(19-30-25)27(34)29-12-11-21-3-2-4-24(28)17-21;1-21-7-9-23(10-8-21)19-26(32)31-17-15-30(16-18-31)25-12-11-24(20-29-25)27(33)28-14-13-22-5-3-2-4-6-22/h2-10,17,19H,11-16,18H2,1H3,(H,29,34);2-12,20H,13-19H2,1H3,(H,28,33). The van der Waals surface area contributed by atoms with E-state index in [1.54, 1.807) is 18.5 Å². The van der Waals surface area contributed by atoms with E-state index in [1.165, 1.54) is 16.7 Å². The molecule has 2 fully saturated rings. The second-order valence-electron chi connectivity index (χ2n) is 17.0. The third kappa shape index (κ3) is 14.5. The molecule has 0 bridgehead atoms. The average Bonchev–Trinajstić information content (AvgIpc) is 3.36. The fraction of sp³-hybridized carbons (Fsp3) is 0.296. The Morgan fingerprint density at radius 3 is 1.34 bits per heavy atom. The molecule has 346 valence electrons. The van der Waals surface area contributed by atoms with E-state index in [2.05, 4.69) is 42.5 Å². The Hall–Kier alpha value is -7.05. The molecule has 0 atom stereocenters. The average molecular weight is 920 g/mol. The van der Waals surface area contributed by atoms with Gasteiger partial charge in [0.25, 0.3) is 11.8 Å². The fourth-order valence-corrected chi connectivity index (χ4v) is 8.16. The Balaban J connectivity index is 0.000000199. The number of hydrogen-bond donors (Lipinski definition) is 2. The molecule has 2 saturated heterocycles. The molecule has 2 aromatic heterocycles. The number of rotatable bonds is 14. The van der Waals surface area contributed by atoms with Crippen molar-refractivity contribution in [3.63, 3.8) is 0 Å². The number of halogens is 1. The number of nitrogens with one attached hydrogen (secondary N) is 2. The zero-order valence-corrected chi connectivity index (χ0v) is 39.1. The van der Waals surface area contributed by atoms with E-state index in [-0.39, 0.29) is 23.6 Å². The largest absolute Gasteiger partial charge is 0.353 e. The summed E-state index contributed by atoms with van der Waals surface area (Å²) in [6.07, 6.45) is 5.61. The minimum absolute atomic E-state index is 0.114. The predicted molar refractivity (Wildman–Crippen MR) is 266 cm³/mol. The van der Waals surface area contributed by atoms with Crippen LogP contribution in [-0.4, -0.2) is 109 Å². The molecular weight excluding hydrogens is 860 g/mol. The quantitative estimate of drug-likeness (QED) is 0.118. The number of piperazine rings is 2. The highest BCUT2D eigenvalue weighted by molar-refractivity contribution is 6.30. The topological polar surface area (TPSA) is 131 Å². The van der Waals surface area contributed by atoms with E-state index in [1.807, 2.05) is 133 Å². The lowest BCUT2D eigenvalue weighted by Crippen LogP contribution is -2.49. The lowest BCUT2D eigenvalue weighted by atomic mass is 10.1. The van der Waals surface area contributed by atoms with Crippen molar-refractivity contribution in [2.75, 3.05) is 75.2 Å². The lowest BCUT2D eigenvalue weighted by Gasteiger charge is -2.35. The first-order valence-corrected chi connectivity index (χ1v) is 23.4. The minimum Gasteiger partial charge on any atom is -0.353 e. The number of nitrogens with zero attached hydrogens (tertiary/aromatic N) is 6. The van der Waals surface area contributed by atoms with Crippen LogP contribution in [0.5, 0.6) is 0 Å². The van der Waals surface area contributed by atoms with Crippen molar-refractivity contribution in [1.82, 2.24) is 30.4 Å². The van der Waals surface area contributed by atoms with Gasteiger partial charge in [0.05, 0.1) is 24.0 Å². The van der Waals surface area contributed by atoms with Gasteiger partial charge in [-0.05, 0) is 85.3 Å². The Labute approximate surface area is 399 Å². The zero-order valence-electron chi connectivity index (χ0n) is 38.4. The number of carbonyl (C=O) groups excluding carboxylic acids is 4. The molecule has 0 aliphatic carbocycles. The van der Waals surface area contributed by atoms with Gasteiger partial charge in [-0.15, -0.1) is 0 Å². The van der Waals surface area contributed by atoms with E-state index in [4.69, 9.17) is 11.6 Å². The Bertz CT molecular complexity index is 2540. The summed E-state index contributed by atoms with van der Waals surface area (Å²) in [4.78, 5) is 67.3. The number of carbonyl (C=O) groups is 4. The molecule has 2 aliphatic rings. The summed E-state index contributed by atoms with van der Waals surface area (Å²) in [5, 5.41) is 6.57. The predicted octanol–water partition coefficient (Wildman–Crippen LogP) is 7.16. The third-order valence-corrected chi connectivity index (χ3v) is 12.3. The smallest absolute Gasteiger partial charge is 0.252 e. The first kappa shape index (κ1) is 47.9. The van der Waals surface area contributed by atoms with Crippen LogP contribution in [0.3, 0.4) is 0 Å². The highest BCUT2D eigenvalue weighted by Crippen LogP contribution is 2.18. The molecular formula is C54H59ClN8O4. The van der Waals surface area contributed by atoms with Crippen LogP contribution < -0.4 is 20.4 Å². The number of aromatic nitrogens is 2. The summed E-state index contributed by atoms with van der Waals surface area (Å²) in [5.74, 6) is 1.71. The van der Waals surface area contributed by atoms with Gasteiger partial charge < -0.3 is 30.2 Å². The summed E-state index contributed by atoms with van der Waals surface area (Å²) in [5.41, 5.74) is 7.84. The van der Waals surface area contributed by atoms with Crippen LogP contribution in [-0.2, 0) is 35.3 Å². The molecule has 4 amide bonds. The van der Waals surface area contributed by atoms with Gasteiger partial charge in [-0.25, -0.2) is 9.97 Å². The third-order valence-electron chi connectivity index (χ3n) is 12.0. The molecule has 0 saturated carbocycles. The number of hydrogen-bond acceptors (Lipinski definition) is 8. The van der Waals surface area contributed by atoms with Crippen LogP contribution in [0.2, 0.25) is 5.02 Å². The molecule has 12 nitrogen and oxygen atoms in total. The summed E-state index contributed by atoms with van der Waals surface area (Å²) in [7, 11) is 0. The van der Waals surface area contributed by atoms with Crippen molar-refractivity contribution in [3.05, 3.63) is 189 Å². The van der Waals surface area contributed by atoms with E-state index < -0.39 is 0 Å². The Morgan fingerprint density at radius 1 is 0.493 bits per heavy atom. The highest BCUT2D eigenvalue weighted by atomic mass is 35.5. The van der Waals surface area contributed by atoms with Crippen LogP contribution in [0.1, 0.15) is 54.1 Å². The summed E-state index contributed by atoms with van der Waals surface area (Å²) in [6.45, 7) is 10.8. The van der Waals surface area contributed by atoms with E-state index in [0.29, 0.717) is 74.7 Å². The van der Waals surface area contributed by atoms with E-state index in [9.17, 15) is 19.2 Å². The first-order chi connectivity index (χ1) is 32.6. The van der Waals surface area contributed by atoms with Gasteiger partial charge in [-0.2, -0.15) is 0 Å². The molecule has 6 aromatic rings. The number of amides is 4. The molecule has 0 radical (unpaired) electrons. The van der Waals surface area contributed by atoms with Crippen LogP contribution in [0.4, 0.5) is 11.6 Å². The van der Waals surface area contributed by atoms with Gasteiger partial charge in [0, 0.05) is 82.9 Å². The van der Waals surface area contributed by atoms with Gasteiger partial charge in [-0.1, -0.05) is 114 Å². The lowest BCUT2D eigenvalue weighted by molar-refractivity contribution is -0.131. The van der Waals surface area contributed by atoms with Crippen molar-refractivity contribution in [1.29, 1.82) is 0 Å². The van der Waals surface area contributed by atoms with Gasteiger partial charge in [0.1, 0.15) is 11.6 Å². The Morgan fingerprint density at radius 2 is 0.925 bits per heavy atom. The molecule has 8 rings (SSSR count). The second-order valence-corrected chi connectivity index (χ2v) is 17.4. The number of pyridine rings is 2. The molecule has 13 heteroatoms. The molecule has 0 unspecified atom stereocenters. The molecule has 2 N–H and O–H groups in total. The maximum atomic E-state index is 12.6. The molecule has 67 heavy (non-hydrogen) atoms. The Kier molecular flexibility index (Phi) is 17.1. The van der Waals surface area contributed by atoms with Gasteiger partial charge in [0.15, 0.2) is 0 Å². The molecule has 4 heterocycles. The van der Waals surface area contributed by atoms with Crippen molar-refractivity contribution < 1.29 is 19.2 Å². The summed E-state index contributed by atoms with van der Waals surface area (Å²) in [6, 6.07) is 41.3. The van der Waals surface area contributed by atoms with Crippen molar-refractivity contribution >= 4 is 46.9 Å². The number of anilines is 2. The summed E-state index contributed by atoms with van der Waals surface area (Å²) >= 11 is 6.00. The van der Waals surface area contributed by atoms with Crippen molar-refractivity contribution in [2.45, 2.75) is 39.5 Å². The van der Waals surface area contributed by atoms with E-state index in [0.717, 1.165) is 60.9 Å². The normalized spacial score (nSPS) is 13.6. The van der Waals surface area contributed by atoms with E-state index >= 15 is 0 Å². The SMILES string of the molecule is Cc1ccc(CC(=O)N2CCN(c3ccc(C(=O)NCCc4cccc(Cl)c4)cn3)CC2)cc1.Cc1ccc(CC(=O)N2CCN(c3ccc(C(=O)NCCc4ccccc4)cn3)CC2)cc1. The van der Waals surface area contributed by atoms with Crippen LogP contribution in [0, 0.1) is 13.8 Å². The van der Waals surface area contributed by atoms with Gasteiger partial charge >= 0.3 is 0 Å². The van der Waals surface area contributed by atoms with Crippen molar-refractivity contribution in [3.8, 4) is 0 Å². The van der Waals surface area contributed by atoms with Crippen LogP contribution >= 0.6 is 11.6 Å². The fourth-order valence-electron chi connectivity index (χ4n) is 7.95. The van der Waals surface area contributed by atoms with Crippen molar-refractivity contribution in [2.24, 2.45) is 0 Å². The monoisotopic (exact) mass is 918 g/mol. The molecule has 4 aromatic carbocycles. The highest BCUT2D eigenvalue weighted by Gasteiger charge is 2.24. The van der Waals surface area contributed by atoms with Gasteiger partial charge in [-0.3, -0.25) is 19.2 Å². The maximum absolute atomic E-state index is 12.6. The zero-order chi connectivity index (χ0) is 47.0. The minimum atomic E-state index is -0.146. The number of aryl methyl sites for hydroxylation is 2.